The van der Waals surface area contributed by atoms with E-state index in [0.29, 0.717) is 23.4 Å². The second kappa shape index (κ2) is 7.17. The summed E-state index contributed by atoms with van der Waals surface area (Å²) in [6, 6.07) is 23.3. The highest BCUT2D eigenvalue weighted by molar-refractivity contribution is 7.75. The number of benzene rings is 3. The van der Waals surface area contributed by atoms with Crippen LogP contribution in [0.3, 0.4) is 0 Å². The van der Waals surface area contributed by atoms with Crippen molar-refractivity contribution in [3.8, 4) is 11.1 Å². The molecule has 0 saturated heterocycles. The second-order valence-corrected chi connectivity index (χ2v) is 7.11. The summed E-state index contributed by atoms with van der Waals surface area (Å²) in [6.45, 7) is 3.86. The van der Waals surface area contributed by atoms with Gasteiger partial charge in [-0.25, -0.2) is 4.99 Å². The van der Waals surface area contributed by atoms with Gasteiger partial charge in [0.05, 0.1) is 11.4 Å². The van der Waals surface area contributed by atoms with E-state index in [2.05, 4.69) is 11.6 Å². The van der Waals surface area contributed by atoms with Crippen LogP contribution in [-0.2, 0) is 16.7 Å². The van der Waals surface area contributed by atoms with Crippen LogP contribution in [0.4, 0.5) is 5.69 Å². The lowest BCUT2D eigenvalue weighted by Gasteiger charge is -2.13. The summed E-state index contributed by atoms with van der Waals surface area (Å²) in [5, 5.41) is 0. The number of fused-ring (bicyclic) bond motifs is 1. The van der Waals surface area contributed by atoms with Gasteiger partial charge >= 0.3 is 0 Å². The highest BCUT2D eigenvalue weighted by Gasteiger charge is 2.29. The Balaban J connectivity index is 2.00. The minimum Gasteiger partial charge on any atom is -0.246 e. The predicted molar refractivity (Wildman–Crippen MR) is 111 cm³/mol. The maximum Gasteiger partial charge on any atom is 0.224 e. The zero-order valence-electron chi connectivity index (χ0n) is 14.6. The van der Waals surface area contributed by atoms with E-state index >= 15 is 0 Å². The summed E-state index contributed by atoms with van der Waals surface area (Å²) >= 11 is 0. The topological polar surface area (TPSA) is 46.5 Å². The standard InChI is InChI=1S/C23H17NO2S/c1-2-9-19-18(16-10-5-3-6-11-16)14-15-20-21(19)23(27(25)26)22(24-20)17-12-7-4-8-13-17/h2-8,10-15H,1,9H2. The Labute approximate surface area is 159 Å². The Morgan fingerprint density at radius 1 is 0.852 bits per heavy atom. The Bertz CT molecular complexity index is 1180. The highest BCUT2D eigenvalue weighted by atomic mass is 32.2. The molecule has 0 radical (unpaired) electrons. The van der Waals surface area contributed by atoms with Gasteiger partial charge in [-0.05, 0) is 29.2 Å². The van der Waals surface area contributed by atoms with Gasteiger partial charge in [-0.2, -0.15) is 8.42 Å². The molecule has 1 heterocycles. The number of allylic oxidation sites excluding steroid dienone is 1. The monoisotopic (exact) mass is 371 g/mol. The largest absolute Gasteiger partial charge is 0.246 e. The summed E-state index contributed by atoms with van der Waals surface area (Å²) in [5.74, 6) is 0. The van der Waals surface area contributed by atoms with Crippen LogP contribution in [0, 0.1) is 0 Å². The minimum atomic E-state index is -2.41. The summed E-state index contributed by atoms with van der Waals surface area (Å²) in [7, 11) is -2.41. The Morgan fingerprint density at radius 2 is 1.48 bits per heavy atom. The molecule has 4 heteroatoms. The van der Waals surface area contributed by atoms with Gasteiger partial charge in [0, 0.05) is 11.1 Å². The second-order valence-electron chi connectivity index (χ2n) is 6.23. The van der Waals surface area contributed by atoms with Crippen LogP contribution in [0.5, 0.6) is 0 Å². The van der Waals surface area contributed by atoms with Gasteiger partial charge < -0.3 is 0 Å². The van der Waals surface area contributed by atoms with Crippen LogP contribution < -0.4 is 0 Å². The van der Waals surface area contributed by atoms with Gasteiger partial charge in [0.25, 0.3) is 0 Å². The average Bonchev–Trinajstić information content (AvgIpc) is 3.10. The van der Waals surface area contributed by atoms with Crippen molar-refractivity contribution in [3.63, 3.8) is 0 Å². The first-order valence-electron chi connectivity index (χ1n) is 8.64. The SMILES string of the molecule is C=CCc1c(-c2ccccc2)ccc2c1C(=S(=O)=O)C(c1ccccc1)=N2. The van der Waals surface area contributed by atoms with Crippen molar-refractivity contribution in [2.24, 2.45) is 4.99 Å². The van der Waals surface area contributed by atoms with E-state index in [1.165, 1.54) is 0 Å². The summed E-state index contributed by atoms with van der Waals surface area (Å²) in [5.41, 5.74) is 5.63. The quantitative estimate of drug-likeness (QED) is 0.496. The van der Waals surface area contributed by atoms with Crippen molar-refractivity contribution in [1.29, 1.82) is 0 Å². The number of aliphatic imine (C=N–C) groups is 1. The molecular formula is C23H17NO2S. The van der Waals surface area contributed by atoms with Gasteiger partial charge in [0.1, 0.15) is 4.86 Å². The van der Waals surface area contributed by atoms with Crippen LogP contribution >= 0.6 is 0 Å². The molecule has 0 N–H and O–H groups in total. The van der Waals surface area contributed by atoms with E-state index in [0.717, 1.165) is 22.3 Å². The first kappa shape index (κ1) is 17.2. The van der Waals surface area contributed by atoms with Crippen molar-refractivity contribution < 1.29 is 8.42 Å². The number of rotatable bonds is 4. The molecule has 132 valence electrons. The molecule has 1 aliphatic rings. The summed E-state index contributed by atoms with van der Waals surface area (Å²) in [4.78, 5) is 4.91. The number of hydrogen-bond acceptors (Lipinski definition) is 3. The summed E-state index contributed by atoms with van der Waals surface area (Å²) < 4.78 is 24.4. The molecule has 0 bridgehead atoms. The lowest BCUT2D eigenvalue weighted by molar-refractivity contribution is 0.627. The lowest BCUT2D eigenvalue weighted by atomic mass is 9.90. The maximum atomic E-state index is 12.2. The van der Waals surface area contributed by atoms with Crippen molar-refractivity contribution >= 4 is 26.6 Å². The fraction of sp³-hybridized carbons (Fsp3) is 0.0435. The van der Waals surface area contributed by atoms with Crippen molar-refractivity contribution in [2.75, 3.05) is 0 Å². The first-order valence-corrected chi connectivity index (χ1v) is 9.71. The molecule has 0 atom stereocenters. The molecule has 4 rings (SSSR count). The molecule has 3 nitrogen and oxygen atoms in total. The van der Waals surface area contributed by atoms with Crippen molar-refractivity contribution in [2.45, 2.75) is 6.42 Å². The van der Waals surface area contributed by atoms with E-state index in [9.17, 15) is 8.42 Å². The minimum absolute atomic E-state index is 0.255. The third-order valence-corrected chi connectivity index (χ3v) is 5.34. The van der Waals surface area contributed by atoms with E-state index in [-0.39, 0.29) is 4.86 Å². The van der Waals surface area contributed by atoms with Gasteiger partial charge in [0.15, 0.2) is 0 Å². The molecule has 3 aromatic carbocycles. The Kier molecular flexibility index (Phi) is 4.57. The van der Waals surface area contributed by atoms with E-state index in [4.69, 9.17) is 0 Å². The van der Waals surface area contributed by atoms with E-state index in [1.54, 1.807) is 6.08 Å². The molecule has 3 aromatic rings. The third-order valence-electron chi connectivity index (χ3n) is 4.61. The van der Waals surface area contributed by atoms with Gasteiger partial charge in [-0.15, -0.1) is 6.58 Å². The van der Waals surface area contributed by atoms with Crippen LogP contribution in [-0.4, -0.2) is 19.0 Å². The van der Waals surface area contributed by atoms with Gasteiger partial charge in [0.2, 0.25) is 10.3 Å². The van der Waals surface area contributed by atoms with E-state index < -0.39 is 10.3 Å². The Hall–Kier alpha value is -3.24. The molecule has 0 unspecified atom stereocenters. The summed E-state index contributed by atoms with van der Waals surface area (Å²) in [6.07, 6.45) is 2.36. The average molecular weight is 371 g/mol. The molecule has 0 fully saturated rings. The van der Waals surface area contributed by atoms with Crippen LogP contribution in [0.2, 0.25) is 0 Å². The maximum absolute atomic E-state index is 12.2. The lowest BCUT2D eigenvalue weighted by Crippen LogP contribution is -2.15. The fourth-order valence-corrected chi connectivity index (χ4v) is 4.19. The zero-order valence-corrected chi connectivity index (χ0v) is 15.4. The molecule has 0 saturated carbocycles. The molecule has 0 aromatic heterocycles. The predicted octanol–water partition coefficient (Wildman–Crippen LogP) is 4.62. The van der Waals surface area contributed by atoms with Crippen molar-refractivity contribution in [3.05, 3.63) is 102 Å². The Morgan fingerprint density at radius 3 is 2.07 bits per heavy atom. The fourth-order valence-electron chi connectivity index (χ4n) is 3.47. The molecule has 1 aliphatic heterocycles. The number of hydrogen-bond donors (Lipinski definition) is 0. The van der Waals surface area contributed by atoms with Crippen LogP contribution in [0.25, 0.3) is 11.1 Å². The molecule has 27 heavy (non-hydrogen) atoms. The molecule has 0 spiro atoms. The molecular weight excluding hydrogens is 354 g/mol. The van der Waals surface area contributed by atoms with Gasteiger partial charge in [-0.1, -0.05) is 72.8 Å². The normalized spacial score (nSPS) is 12.4. The molecule has 0 amide bonds. The molecule has 0 aliphatic carbocycles. The highest BCUT2D eigenvalue weighted by Crippen LogP contribution is 2.37. The first-order chi connectivity index (χ1) is 13.2. The third kappa shape index (κ3) is 3.04. The number of nitrogens with zero attached hydrogens (tertiary/aromatic N) is 1. The van der Waals surface area contributed by atoms with E-state index in [1.807, 2.05) is 72.8 Å². The van der Waals surface area contributed by atoms with Crippen molar-refractivity contribution in [1.82, 2.24) is 0 Å². The van der Waals surface area contributed by atoms with Crippen LogP contribution in [0.15, 0.2) is 90.4 Å². The van der Waals surface area contributed by atoms with Gasteiger partial charge in [-0.3, -0.25) is 0 Å². The smallest absolute Gasteiger partial charge is 0.224 e. The van der Waals surface area contributed by atoms with Crippen LogP contribution in [0.1, 0.15) is 16.7 Å². The zero-order chi connectivity index (χ0) is 18.8.